The molecule has 0 saturated carbocycles. The number of fused-ring (bicyclic) bond motifs is 1. The van der Waals surface area contributed by atoms with Crippen LogP contribution in [-0.2, 0) is 17.8 Å². The molecule has 15 heteroatoms. The second-order valence-corrected chi connectivity index (χ2v) is 9.51. The van der Waals surface area contributed by atoms with E-state index < -0.39 is 23.9 Å². The number of aliphatic carboxylic acids is 1. The summed E-state index contributed by atoms with van der Waals surface area (Å²) >= 11 is 1.55. The number of aromatic nitrogens is 4. The highest BCUT2D eigenvalue weighted by molar-refractivity contribution is 7.19. The summed E-state index contributed by atoms with van der Waals surface area (Å²) in [4.78, 5) is 28.4. The smallest absolute Gasteiger partial charge is 0.475 e. The molecular weight excluding hydrogens is 547 g/mol. The number of thiophene rings is 1. The Balaban J connectivity index is 0.000000532. The van der Waals surface area contributed by atoms with Crippen molar-refractivity contribution in [3.8, 4) is 11.1 Å². The average Bonchev–Trinajstić information content (AvgIpc) is 3.44. The molecular formula is C24H23F5N6O3S. The molecule has 0 aliphatic carbocycles. The topological polar surface area (TPSA) is 130 Å². The van der Waals surface area contributed by atoms with Gasteiger partial charge >= 0.3 is 17.8 Å². The van der Waals surface area contributed by atoms with Gasteiger partial charge in [-0.1, -0.05) is 6.07 Å². The Morgan fingerprint density at radius 2 is 1.82 bits per heavy atom. The van der Waals surface area contributed by atoms with Gasteiger partial charge in [-0.2, -0.15) is 27.1 Å². The minimum absolute atomic E-state index is 0.178. The number of carboxylic acids is 1. The molecule has 3 heterocycles. The average molecular weight is 571 g/mol. The summed E-state index contributed by atoms with van der Waals surface area (Å²) in [5.74, 6) is -1.64. The Hall–Kier alpha value is -4.11. The number of nitrogens with zero attached hydrogens (tertiary/aromatic N) is 4. The van der Waals surface area contributed by atoms with E-state index in [1.54, 1.807) is 11.3 Å². The summed E-state index contributed by atoms with van der Waals surface area (Å²) in [7, 11) is 3.89. The fourth-order valence-electron chi connectivity index (χ4n) is 3.39. The van der Waals surface area contributed by atoms with Gasteiger partial charge in [-0.15, -0.1) is 11.3 Å². The molecule has 0 unspecified atom stereocenters. The van der Waals surface area contributed by atoms with E-state index in [1.165, 1.54) is 4.57 Å². The van der Waals surface area contributed by atoms with Crippen LogP contribution < -0.4 is 16.3 Å². The van der Waals surface area contributed by atoms with E-state index >= 15 is 0 Å². The van der Waals surface area contributed by atoms with Gasteiger partial charge in [0.25, 0.3) is 6.08 Å². The van der Waals surface area contributed by atoms with Crippen molar-refractivity contribution in [2.45, 2.75) is 19.1 Å². The Morgan fingerprint density at radius 3 is 2.36 bits per heavy atom. The summed E-state index contributed by atoms with van der Waals surface area (Å²) in [6.07, 6.45) is -5.26. The molecule has 3 aromatic heterocycles. The predicted octanol–water partition coefficient (Wildman–Crippen LogP) is 4.25. The lowest BCUT2D eigenvalue weighted by atomic mass is 10.1. The number of carbonyl (C=O) groups is 1. The highest BCUT2D eigenvalue weighted by atomic mass is 32.1. The number of hydrogen-bond donors (Lipinski definition) is 3. The molecule has 0 saturated heterocycles. The van der Waals surface area contributed by atoms with Crippen molar-refractivity contribution in [3.05, 3.63) is 75.4 Å². The van der Waals surface area contributed by atoms with Gasteiger partial charge in [0.15, 0.2) is 0 Å². The number of aromatic amines is 1. The number of halogens is 5. The standard InChI is InChI=1S/C22H22F2N6OS.C2HF3O2/c1-29(2)19-6-4-14(11-26-19)13-3-5-18-15(7-13)8-17(32-18)12-30-20(27-28-22(30)31)9-16(10-25)21(23)24;3-2(4,5)1(6)7/h3-8,11H,9-10,12,25H2,1-2H3,(H,28,31);(H,6,7). The lowest BCUT2D eigenvalue weighted by Gasteiger charge is -2.11. The maximum atomic E-state index is 13.0. The number of anilines is 1. The lowest BCUT2D eigenvalue weighted by molar-refractivity contribution is -0.192. The fraction of sp³-hybridized carbons (Fsp3) is 0.250. The molecule has 0 atom stereocenters. The van der Waals surface area contributed by atoms with Crippen molar-refractivity contribution in [3.63, 3.8) is 0 Å². The first-order valence-electron chi connectivity index (χ1n) is 11.1. The Morgan fingerprint density at radius 1 is 1.15 bits per heavy atom. The van der Waals surface area contributed by atoms with Crippen molar-refractivity contribution in [2.24, 2.45) is 5.73 Å². The number of hydrogen-bond acceptors (Lipinski definition) is 7. The molecule has 4 rings (SSSR count). The minimum atomic E-state index is -5.08. The summed E-state index contributed by atoms with van der Waals surface area (Å²) in [6.45, 7) is -0.0520. The predicted molar refractivity (Wildman–Crippen MR) is 137 cm³/mol. The molecule has 1 aromatic carbocycles. The van der Waals surface area contributed by atoms with Crippen LogP contribution in [0.5, 0.6) is 0 Å². The molecule has 4 N–H and O–H groups in total. The zero-order chi connectivity index (χ0) is 28.9. The lowest BCUT2D eigenvalue weighted by Crippen LogP contribution is -2.21. The van der Waals surface area contributed by atoms with Crippen molar-refractivity contribution in [1.29, 1.82) is 0 Å². The van der Waals surface area contributed by atoms with Crippen molar-refractivity contribution in [1.82, 2.24) is 19.7 Å². The van der Waals surface area contributed by atoms with Crippen LogP contribution in [0.25, 0.3) is 21.2 Å². The van der Waals surface area contributed by atoms with Gasteiger partial charge in [-0.25, -0.2) is 19.7 Å². The third-order valence-corrected chi connectivity index (χ3v) is 6.49. The molecule has 0 amide bonds. The van der Waals surface area contributed by atoms with Crippen molar-refractivity contribution >= 4 is 33.2 Å². The van der Waals surface area contributed by atoms with E-state index in [1.807, 2.05) is 55.5 Å². The molecule has 0 aliphatic rings. The van der Waals surface area contributed by atoms with Crippen molar-refractivity contribution in [2.75, 3.05) is 25.5 Å². The normalized spacial score (nSPS) is 11.2. The molecule has 9 nitrogen and oxygen atoms in total. The van der Waals surface area contributed by atoms with Crippen LogP contribution in [0, 0.1) is 0 Å². The summed E-state index contributed by atoms with van der Waals surface area (Å²) < 4.78 is 60.2. The Kier molecular flexibility index (Phi) is 9.19. The molecule has 39 heavy (non-hydrogen) atoms. The van der Waals surface area contributed by atoms with Crippen LogP contribution in [0.1, 0.15) is 10.7 Å². The summed E-state index contributed by atoms with van der Waals surface area (Å²) in [6, 6.07) is 12.1. The maximum absolute atomic E-state index is 13.0. The van der Waals surface area contributed by atoms with Crippen molar-refractivity contribution < 1.29 is 31.9 Å². The monoisotopic (exact) mass is 570 g/mol. The SMILES string of the molecule is CN(C)c1ccc(-c2ccc3sc(Cn4c(CC(CN)=C(F)F)n[nH]c4=O)cc3c2)cn1.O=C(O)C(F)(F)F. The fourth-order valence-corrected chi connectivity index (χ4v) is 4.42. The molecule has 0 bridgehead atoms. The van der Waals surface area contributed by atoms with E-state index in [0.29, 0.717) is 0 Å². The first-order chi connectivity index (χ1) is 18.3. The number of nitrogens with two attached hydrogens (primary N) is 1. The highest BCUT2D eigenvalue weighted by Gasteiger charge is 2.38. The first-order valence-corrected chi connectivity index (χ1v) is 11.9. The van der Waals surface area contributed by atoms with Crippen LogP contribution in [0.2, 0.25) is 0 Å². The quantitative estimate of drug-likeness (QED) is 0.283. The highest BCUT2D eigenvalue weighted by Crippen LogP contribution is 2.31. The minimum Gasteiger partial charge on any atom is -0.475 e. The number of H-pyrrole nitrogens is 1. The van der Waals surface area contributed by atoms with Crippen LogP contribution in [0.15, 0.2) is 59.0 Å². The van der Waals surface area contributed by atoms with Crippen LogP contribution >= 0.6 is 11.3 Å². The van der Waals surface area contributed by atoms with Gasteiger partial charge < -0.3 is 15.7 Å². The van der Waals surface area contributed by atoms with E-state index in [4.69, 9.17) is 15.6 Å². The maximum Gasteiger partial charge on any atom is 0.490 e. The zero-order valence-electron chi connectivity index (χ0n) is 20.6. The molecule has 4 aromatic rings. The van der Waals surface area contributed by atoms with E-state index in [2.05, 4.69) is 21.2 Å². The second kappa shape index (κ2) is 12.2. The molecule has 208 valence electrons. The first kappa shape index (κ1) is 29.4. The molecule has 0 aliphatic heterocycles. The van der Waals surface area contributed by atoms with Gasteiger partial charge in [0.2, 0.25) is 0 Å². The Bertz CT molecular complexity index is 1540. The second-order valence-electron chi connectivity index (χ2n) is 8.34. The van der Waals surface area contributed by atoms with Gasteiger partial charge in [0, 0.05) is 54.0 Å². The van der Waals surface area contributed by atoms with Gasteiger partial charge in [-0.3, -0.25) is 4.57 Å². The number of carboxylic acid groups (broad SMARTS) is 1. The van der Waals surface area contributed by atoms with E-state index in [9.17, 15) is 26.7 Å². The number of rotatable bonds is 7. The number of pyridine rings is 1. The van der Waals surface area contributed by atoms with Crippen LogP contribution in [0.3, 0.4) is 0 Å². The van der Waals surface area contributed by atoms with Crippen LogP contribution in [-0.4, -0.2) is 57.6 Å². The molecule has 0 radical (unpaired) electrons. The Labute approximate surface area is 222 Å². The third kappa shape index (κ3) is 7.48. The van der Waals surface area contributed by atoms with Gasteiger partial charge in [-0.05, 0) is 41.3 Å². The molecule has 0 spiro atoms. The van der Waals surface area contributed by atoms with E-state index in [-0.39, 0.29) is 30.9 Å². The van der Waals surface area contributed by atoms with E-state index in [0.717, 1.165) is 31.9 Å². The third-order valence-electron chi connectivity index (χ3n) is 5.39. The van der Waals surface area contributed by atoms with Gasteiger partial charge in [0.05, 0.1) is 6.54 Å². The van der Waals surface area contributed by atoms with Gasteiger partial charge in [0.1, 0.15) is 11.6 Å². The number of benzene rings is 1. The zero-order valence-corrected chi connectivity index (χ0v) is 21.4. The van der Waals surface area contributed by atoms with Crippen LogP contribution in [0.4, 0.5) is 27.8 Å². The summed E-state index contributed by atoms with van der Waals surface area (Å²) in [5.41, 5.74) is 6.77. The molecule has 0 fully saturated rings. The largest absolute Gasteiger partial charge is 0.490 e. The number of nitrogens with one attached hydrogen (secondary N) is 1. The summed E-state index contributed by atoms with van der Waals surface area (Å²) in [5, 5.41) is 14.4. The number of alkyl halides is 3.